The number of amides is 1. The number of H-pyrrole nitrogens is 1. The largest absolute Gasteiger partial charge is 0.493 e. The van der Waals surface area contributed by atoms with E-state index in [1.54, 1.807) is 14.2 Å². The molecule has 0 aliphatic rings. The Labute approximate surface area is 177 Å². The fourth-order valence-electron chi connectivity index (χ4n) is 2.94. The van der Waals surface area contributed by atoms with Gasteiger partial charge in [-0.05, 0) is 44.3 Å². The molecule has 0 aliphatic heterocycles. The molecule has 0 bridgehead atoms. The molecule has 3 aromatic rings. The van der Waals surface area contributed by atoms with Gasteiger partial charge in [0.2, 0.25) is 0 Å². The van der Waals surface area contributed by atoms with Crippen LogP contribution in [0.2, 0.25) is 0 Å². The summed E-state index contributed by atoms with van der Waals surface area (Å²) in [4.78, 5) is 17.8. The SMILES string of the molecule is CCn1c(CCNC(=O)c2sc(-c3ccc(OC)c(OC)c3)nc2C)n[nH]c1=S. The third-order valence-electron chi connectivity index (χ3n) is 4.42. The Morgan fingerprint density at radius 3 is 2.76 bits per heavy atom. The molecule has 0 radical (unpaired) electrons. The lowest BCUT2D eigenvalue weighted by Gasteiger charge is -2.08. The maximum atomic E-state index is 12.6. The maximum absolute atomic E-state index is 12.6. The van der Waals surface area contributed by atoms with Crippen molar-refractivity contribution in [3.63, 3.8) is 0 Å². The number of carbonyl (C=O) groups is 1. The van der Waals surface area contributed by atoms with E-state index >= 15 is 0 Å². The number of methoxy groups -OCH3 is 2. The van der Waals surface area contributed by atoms with Crippen molar-refractivity contribution in [2.75, 3.05) is 20.8 Å². The molecule has 0 fully saturated rings. The van der Waals surface area contributed by atoms with E-state index in [1.807, 2.05) is 36.6 Å². The third-order valence-corrected chi connectivity index (χ3v) is 5.94. The number of hydrogen-bond donors (Lipinski definition) is 2. The van der Waals surface area contributed by atoms with E-state index < -0.39 is 0 Å². The molecule has 0 saturated heterocycles. The topological polar surface area (TPSA) is 94.1 Å². The number of benzene rings is 1. The van der Waals surface area contributed by atoms with Crippen molar-refractivity contribution in [1.82, 2.24) is 25.1 Å². The molecule has 0 saturated carbocycles. The summed E-state index contributed by atoms with van der Waals surface area (Å²) in [5, 5.41) is 10.7. The van der Waals surface area contributed by atoms with Gasteiger partial charge in [0.25, 0.3) is 5.91 Å². The lowest BCUT2D eigenvalue weighted by atomic mass is 10.2. The van der Waals surface area contributed by atoms with Crippen LogP contribution in [0.4, 0.5) is 0 Å². The highest BCUT2D eigenvalue weighted by molar-refractivity contribution is 7.71. The molecule has 2 aromatic heterocycles. The summed E-state index contributed by atoms with van der Waals surface area (Å²) in [5.41, 5.74) is 1.56. The summed E-state index contributed by atoms with van der Waals surface area (Å²) in [6.45, 7) is 5.03. The second kappa shape index (κ2) is 9.19. The summed E-state index contributed by atoms with van der Waals surface area (Å²) >= 11 is 6.53. The smallest absolute Gasteiger partial charge is 0.263 e. The lowest BCUT2D eigenvalue weighted by molar-refractivity contribution is 0.0957. The molecule has 1 amide bonds. The monoisotopic (exact) mass is 433 g/mol. The molecule has 2 heterocycles. The van der Waals surface area contributed by atoms with Crippen molar-refractivity contribution in [2.45, 2.75) is 26.8 Å². The van der Waals surface area contributed by atoms with Gasteiger partial charge in [0.15, 0.2) is 16.3 Å². The predicted octanol–water partition coefficient (Wildman–Crippen LogP) is 3.38. The molecule has 29 heavy (non-hydrogen) atoms. The van der Waals surface area contributed by atoms with Crippen LogP contribution in [0, 0.1) is 11.7 Å². The summed E-state index contributed by atoms with van der Waals surface area (Å²) in [6, 6.07) is 5.58. The molecule has 0 aliphatic carbocycles. The van der Waals surface area contributed by atoms with Crippen LogP contribution in [0.3, 0.4) is 0 Å². The zero-order chi connectivity index (χ0) is 21.0. The average Bonchev–Trinajstić information content (AvgIpc) is 3.29. The first-order valence-electron chi connectivity index (χ1n) is 9.10. The normalized spacial score (nSPS) is 10.8. The summed E-state index contributed by atoms with van der Waals surface area (Å²) in [7, 11) is 3.18. The zero-order valence-corrected chi connectivity index (χ0v) is 18.4. The van der Waals surface area contributed by atoms with Gasteiger partial charge in [-0.2, -0.15) is 5.10 Å². The number of ether oxygens (including phenoxy) is 2. The molecule has 10 heteroatoms. The van der Waals surface area contributed by atoms with Gasteiger partial charge < -0.3 is 19.4 Å². The van der Waals surface area contributed by atoms with Gasteiger partial charge in [0, 0.05) is 25.1 Å². The van der Waals surface area contributed by atoms with Crippen LogP contribution in [0.15, 0.2) is 18.2 Å². The predicted molar refractivity (Wildman–Crippen MR) is 115 cm³/mol. The van der Waals surface area contributed by atoms with Gasteiger partial charge in [-0.25, -0.2) is 4.98 Å². The van der Waals surface area contributed by atoms with Crippen LogP contribution in [0.1, 0.15) is 28.1 Å². The molecule has 1 aromatic carbocycles. The highest BCUT2D eigenvalue weighted by Crippen LogP contribution is 2.34. The first-order valence-corrected chi connectivity index (χ1v) is 10.3. The Balaban J connectivity index is 1.71. The molecular weight excluding hydrogens is 410 g/mol. The van der Waals surface area contributed by atoms with Crippen LogP contribution in [0.5, 0.6) is 11.5 Å². The zero-order valence-electron chi connectivity index (χ0n) is 16.7. The summed E-state index contributed by atoms with van der Waals surface area (Å²) in [6.07, 6.45) is 0.590. The van der Waals surface area contributed by atoms with E-state index in [-0.39, 0.29) is 5.91 Å². The van der Waals surface area contributed by atoms with E-state index in [0.29, 0.717) is 39.8 Å². The van der Waals surface area contributed by atoms with Crippen molar-refractivity contribution in [3.05, 3.63) is 39.4 Å². The first-order chi connectivity index (χ1) is 14.0. The van der Waals surface area contributed by atoms with E-state index in [1.165, 1.54) is 11.3 Å². The first kappa shape index (κ1) is 21.0. The van der Waals surface area contributed by atoms with Gasteiger partial charge in [0.1, 0.15) is 15.7 Å². The Morgan fingerprint density at radius 1 is 1.31 bits per heavy atom. The van der Waals surface area contributed by atoms with Gasteiger partial charge in [-0.3, -0.25) is 9.89 Å². The van der Waals surface area contributed by atoms with Gasteiger partial charge >= 0.3 is 0 Å². The maximum Gasteiger partial charge on any atom is 0.263 e. The quantitative estimate of drug-likeness (QED) is 0.529. The summed E-state index contributed by atoms with van der Waals surface area (Å²) < 4.78 is 13.1. The van der Waals surface area contributed by atoms with Gasteiger partial charge in [-0.1, -0.05) is 0 Å². The third kappa shape index (κ3) is 4.48. The Hall–Kier alpha value is -2.72. The van der Waals surface area contributed by atoms with Crippen molar-refractivity contribution in [2.24, 2.45) is 0 Å². The number of aromatic nitrogens is 4. The Kier molecular flexibility index (Phi) is 6.65. The minimum Gasteiger partial charge on any atom is -0.493 e. The molecular formula is C19H23N5O3S2. The van der Waals surface area contributed by atoms with E-state index in [9.17, 15) is 4.79 Å². The van der Waals surface area contributed by atoms with Gasteiger partial charge in [-0.15, -0.1) is 11.3 Å². The van der Waals surface area contributed by atoms with Crippen molar-refractivity contribution < 1.29 is 14.3 Å². The number of nitrogens with one attached hydrogen (secondary N) is 2. The van der Waals surface area contributed by atoms with Crippen LogP contribution in [-0.4, -0.2) is 46.4 Å². The minimum atomic E-state index is -0.149. The van der Waals surface area contributed by atoms with E-state index in [4.69, 9.17) is 21.7 Å². The minimum absolute atomic E-state index is 0.149. The fourth-order valence-corrected chi connectivity index (χ4v) is 4.19. The molecule has 0 unspecified atom stereocenters. The highest BCUT2D eigenvalue weighted by Gasteiger charge is 2.17. The van der Waals surface area contributed by atoms with E-state index in [0.717, 1.165) is 22.9 Å². The molecule has 3 rings (SSSR count). The molecule has 154 valence electrons. The average molecular weight is 434 g/mol. The molecule has 8 nitrogen and oxygen atoms in total. The van der Waals surface area contributed by atoms with Crippen molar-refractivity contribution >= 4 is 29.5 Å². The lowest BCUT2D eigenvalue weighted by Crippen LogP contribution is -2.26. The summed E-state index contributed by atoms with van der Waals surface area (Å²) in [5.74, 6) is 1.94. The van der Waals surface area contributed by atoms with Crippen molar-refractivity contribution in [1.29, 1.82) is 0 Å². The number of thiazole rings is 1. The van der Waals surface area contributed by atoms with Crippen LogP contribution < -0.4 is 14.8 Å². The van der Waals surface area contributed by atoms with Crippen LogP contribution >= 0.6 is 23.6 Å². The number of nitrogens with zero attached hydrogens (tertiary/aromatic N) is 3. The second-order valence-electron chi connectivity index (χ2n) is 6.20. The number of rotatable bonds is 8. The fraction of sp³-hybridized carbons (Fsp3) is 0.368. The molecule has 0 spiro atoms. The number of aromatic amines is 1. The highest BCUT2D eigenvalue weighted by atomic mass is 32.1. The van der Waals surface area contributed by atoms with Gasteiger partial charge in [0.05, 0.1) is 19.9 Å². The number of aryl methyl sites for hydroxylation is 1. The number of carbonyl (C=O) groups excluding carboxylic acids is 1. The second-order valence-corrected chi connectivity index (χ2v) is 7.58. The number of hydrogen-bond acceptors (Lipinski definition) is 7. The standard InChI is InChI=1S/C19H23N5O3S2/c1-5-24-15(22-23-19(24)28)8-9-20-17(25)16-11(2)21-18(29-16)12-6-7-13(26-3)14(10-12)27-4/h6-7,10H,5,8-9H2,1-4H3,(H,20,25)(H,23,28). The van der Waals surface area contributed by atoms with Crippen molar-refractivity contribution in [3.8, 4) is 22.1 Å². The van der Waals surface area contributed by atoms with E-state index in [2.05, 4.69) is 20.5 Å². The van der Waals surface area contributed by atoms with Crippen LogP contribution in [-0.2, 0) is 13.0 Å². The molecule has 2 N–H and O–H groups in total. The van der Waals surface area contributed by atoms with Crippen LogP contribution in [0.25, 0.3) is 10.6 Å². The molecule has 0 atom stereocenters. The Morgan fingerprint density at radius 2 is 2.07 bits per heavy atom. The Bertz CT molecular complexity index is 1070.